The minimum absolute atomic E-state index is 0. The number of carboxylic acid groups (broad SMARTS) is 1. The normalized spacial score (nSPS) is 9.54. The summed E-state index contributed by atoms with van der Waals surface area (Å²) in [5, 5.41) is 20.2. The number of nitrogens with zero attached hydrogens (tertiary/aromatic N) is 2. The van der Waals surface area contributed by atoms with Crippen LogP contribution in [-0.2, 0) is 22.4 Å². The Labute approximate surface area is 88.7 Å². The summed E-state index contributed by atoms with van der Waals surface area (Å²) in [5.41, 5.74) is 1.34. The van der Waals surface area contributed by atoms with Crippen molar-refractivity contribution in [1.29, 1.82) is 0 Å². The van der Waals surface area contributed by atoms with Gasteiger partial charge in [-0.1, -0.05) is 11.3 Å². The number of carbonyl (C=O) groups excluding carboxylic acids is 1. The van der Waals surface area contributed by atoms with E-state index in [4.69, 9.17) is 0 Å². The van der Waals surface area contributed by atoms with Crippen molar-refractivity contribution in [1.82, 2.24) is 15.4 Å². The van der Waals surface area contributed by atoms with Gasteiger partial charge in [-0.25, -0.2) is 0 Å². The number of carboxylic acids is 1. The van der Waals surface area contributed by atoms with Crippen LogP contribution in [0.3, 0.4) is 0 Å². The maximum atomic E-state index is 10.4. The SMILES string of the molecule is O=C([O-])c1ccc2[nH]nnc2c1.[Ag+]. The molecule has 0 atom stereocenters. The second-order valence-corrected chi connectivity index (χ2v) is 2.33. The average Bonchev–Trinajstić information content (AvgIpc) is 2.49. The summed E-state index contributed by atoms with van der Waals surface area (Å²) in [7, 11) is 0. The van der Waals surface area contributed by atoms with Gasteiger partial charge in [0.15, 0.2) is 0 Å². The zero-order chi connectivity index (χ0) is 8.55. The molecule has 2 aromatic rings. The summed E-state index contributed by atoms with van der Waals surface area (Å²) < 4.78 is 0. The number of nitrogens with one attached hydrogen (secondary N) is 1. The number of benzene rings is 1. The van der Waals surface area contributed by atoms with Crippen molar-refractivity contribution in [2.45, 2.75) is 0 Å². The fourth-order valence-corrected chi connectivity index (χ4v) is 0.969. The molecule has 1 aromatic carbocycles. The van der Waals surface area contributed by atoms with Gasteiger partial charge >= 0.3 is 22.4 Å². The van der Waals surface area contributed by atoms with Crippen LogP contribution in [0.15, 0.2) is 18.2 Å². The van der Waals surface area contributed by atoms with Crippen molar-refractivity contribution in [3.8, 4) is 0 Å². The first-order chi connectivity index (χ1) is 5.77. The average molecular weight is 270 g/mol. The molecular formula is C7H4AgN3O2. The van der Waals surface area contributed by atoms with Gasteiger partial charge in [-0.2, -0.15) is 0 Å². The van der Waals surface area contributed by atoms with E-state index >= 15 is 0 Å². The first-order valence-corrected chi connectivity index (χ1v) is 3.29. The smallest absolute Gasteiger partial charge is 0.545 e. The molecular weight excluding hydrogens is 266 g/mol. The molecule has 0 aliphatic heterocycles. The van der Waals surface area contributed by atoms with E-state index in [1.54, 1.807) is 6.07 Å². The Morgan fingerprint density at radius 1 is 1.46 bits per heavy atom. The topological polar surface area (TPSA) is 81.7 Å². The zero-order valence-electron chi connectivity index (χ0n) is 6.24. The van der Waals surface area contributed by atoms with E-state index in [1.165, 1.54) is 12.1 Å². The van der Waals surface area contributed by atoms with Gasteiger partial charge in [-0.05, 0) is 17.7 Å². The molecule has 0 aliphatic carbocycles. The maximum absolute atomic E-state index is 10.4. The van der Waals surface area contributed by atoms with Crippen molar-refractivity contribution in [2.75, 3.05) is 0 Å². The van der Waals surface area contributed by atoms with Crippen LogP contribution in [0.5, 0.6) is 0 Å². The van der Waals surface area contributed by atoms with E-state index in [1.807, 2.05) is 0 Å². The van der Waals surface area contributed by atoms with Crippen LogP contribution in [0.4, 0.5) is 0 Å². The predicted molar refractivity (Wildman–Crippen MR) is 38.2 cm³/mol. The molecule has 13 heavy (non-hydrogen) atoms. The maximum Gasteiger partial charge on any atom is 1.00 e. The van der Waals surface area contributed by atoms with Gasteiger partial charge in [0.2, 0.25) is 0 Å². The summed E-state index contributed by atoms with van der Waals surface area (Å²) in [6.07, 6.45) is 0. The Bertz CT molecular complexity index is 440. The first-order valence-electron chi connectivity index (χ1n) is 3.29. The van der Waals surface area contributed by atoms with Crippen LogP contribution in [0, 0.1) is 0 Å². The molecule has 0 amide bonds. The third-order valence-electron chi connectivity index (χ3n) is 1.56. The van der Waals surface area contributed by atoms with Gasteiger partial charge in [-0.15, -0.1) is 5.10 Å². The quantitative estimate of drug-likeness (QED) is 0.696. The molecule has 0 fully saturated rings. The van der Waals surface area contributed by atoms with Crippen LogP contribution in [0.25, 0.3) is 11.0 Å². The summed E-state index contributed by atoms with van der Waals surface area (Å²) in [4.78, 5) is 10.4. The van der Waals surface area contributed by atoms with Gasteiger partial charge in [0.1, 0.15) is 5.52 Å². The molecule has 0 aliphatic rings. The van der Waals surface area contributed by atoms with E-state index < -0.39 is 5.97 Å². The number of H-pyrrole nitrogens is 1. The van der Waals surface area contributed by atoms with Crippen LogP contribution in [0.2, 0.25) is 0 Å². The molecule has 5 nitrogen and oxygen atoms in total. The monoisotopic (exact) mass is 269 g/mol. The molecule has 6 heteroatoms. The second kappa shape index (κ2) is 3.69. The number of rotatable bonds is 1. The molecule has 0 saturated heterocycles. The fraction of sp³-hybridized carbons (Fsp3) is 0. The number of aromatic amines is 1. The van der Waals surface area contributed by atoms with E-state index in [0.29, 0.717) is 11.0 Å². The number of fused-ring (bicyclic) bond motifs is 1. The van der Waals surface area contributed by atoms with Crippen LogP contribution < -0.4 is 5.11 Å². The molecule has 0 radical (unpaired) electrons. The summed E-state index contributed by atoms with van der Waals surface area (Å²) in [5.74, 6) is -1.21. The van der Waals surface area contributed by atoms with Gasteiger partial charge in [0.05, 0.1) is 11.5 Å². The Kier molecular flexibility index (Phi) is 2.82. The first kappa shape index (κ1) is 9.91. The predicted octanol–water partition coefficient (Wildman–Crippen LogP) is -0.681. The molecule has 1 aromatic heterocycles. The number of aromatic nitrogens is 3. The van der Waals surface area contributed by atoms with Gasteiger partial charge in [0.25, 0.3) is 0 Å². The number of aromatic carboxylic acids is 1. The molecule has 0 bridgehead atoms. The summed E-state index contributed by atoms with van der Waals surface area (Å²) in [6, 6.07) is 4.45. The van der Waals surface area contributed by atoms with E-state index in [0.717, 1.165) is 0 Å². The fourth-order valence-electron chi connectivity index (χ4n) is 0.969. The largest absolute Gasteiger partial charge is 1.00 e. The molecule has 70 valence electrons. The van der Waals surface area contributed by atoms with Gasteiger partial charge in [0, 0.05) is 0 Å². The van der Waals surface area contributed by atoms with Crippen molar-refractivity contribution >= 4 is 17.0 Å². The molecule has 0 unspecified atom stereocenters. The summed E-state index contributed by atoms with van der Waals surface area (Å²) >= 11 is 0. The van der Waals surface area contributed by atoms with E-state index in [9.17, 15) is 9.90 Å². The van der Waals surface area contributed by atoms with Crippen molar-refractivity contribution in [3.63, 3.8) is 0 Å². The number of carbonyl (C=O) groups is 1. The molecule has 0 spiro atoms. The molecule has 0 saturated carbocycles. The Morgan fingerprint density at radius 3 is 2.92 bits per heavy atom. The standard InChI is InChI=1S/C7H5N3O2.Ag/c11-7(12)4-1-2-5-6(3-4)9-10-8-5;/h1-3H,(H,11,12)(H,8,9,10);/q;+1/p-1. The minimum Gasteiger partial charge on any atom is -0.545 e. The van der Waals surface area contributed by atoms with Crippen LogP contribution >= 0.6 is 0 Å². The third kappa shape index (κ3) is 1.77. The Morgan fingerprint density at radius 2 is 2.23 bits per heavy atom. The Hall–Kier alpha value is -1.17. The molecule has 2 rings (SSSR count). The van der Waals surface area contributed by atoms with Crippen molar-refractivity contribution in [3.05, 3.63) is 23.8 Å². The third-order valence-corrected chi connectivity index (χ3v) is 1.56. The van der Waals surface area contributed by atoms with Crippen LogP contribution in [-0.4, -0.2) is 21.4 Å². The molecule has 1 N–H and O–H groups in total. The van der Waals surface area contributed by atoms with Crippen molar-refractivity contribution < 1.29 is 32.3 Å². The zero-order valence-corrected chi connectivity index (χ0v) is 7.73. The van der Waals surface area contributed by atoms with E-state index in [2.05, 4.69) is 15.4 Å². The number of hydrogen-bond donors (Lipinski definition) is 1. The molecule has 1 heterocycles. The van der Waals surface area contributed by atoms with Crippen molar-refractivity contribution in [2.24, 2.45) is 0 Å². The second-order valence-electron chi connectivity index (χ2n) is 2.33. The van der Waals surface area contributed by atoms with Crippen LogP contribution in [0.1, 0.15) is 10.4 Å². The Balaban J connectivity index is 0.000000845. The summed E-state index contributed by atoms with van der Waals surface area (Å²) in [6.45, 7) is 0. The van der Waals surface area contributed by atoms with E-state index in [-0.39, 0.29) is 27.9 Å². The number of hydrogen-bond acceptors (Lipinski definition) is 4. The van der Waals surface area contributed by atoms with Gasteiger partial charge in [-0.3, -0.25) is 5.10 Å². The van der Waals surface area contributed by atoms with Gasteiger partial charge < -0.3 is 9.90 Å². The minimum atomic E-state index is -1.21.